The Hall–Kier alpha value is -1.10. The molecule has 0 radical (unpaired) electrons. The fourth-order valence-electron chi connectivity index (χ4n) is 0.929. The molecule has 0 aliphatic carbocycles. The van der Waals surface area contributed by atoms with Gasteiger partial charge in [0.1, 0.15) is 12.8 Å². The van der Waals surface area contributed by atoms with E-state index in [0.717, 1.165) is 12.1 Å². The van der Waals surface area contributed by atoms with E-state index in [2.05, 4.69) is 0 Å². The zero-order chi connectivity index (χ0) is 11.7. The third-order valence-corrected chi connectivity index (χ3v) is 1.67. The van der Waals surface area contributed by atoms with Crippen molar-refractivity contribution in [1.82, 2.24) is 0 Å². The van der Waals surface area contributed by atoms with Crippen molar-refractivity contribution >= 4 is 0 Å². The molecule has 0 saturated heterocycles. The largest absolute Gasteiger partial charge is 0.416 e. The first-order valence-corrected chi connectivity index (χ1v) is 3.73. The summed E-state index contributed by atoms with van der Waals surface area (Å²) in [5.74, 6) is 0. The summed E-state index contributed by atoms with van der Waals surface area (Å²) in [4.78, 5) is 0. The van der Waals surface area contributed by atoms with Crippen molar-refractivity contribution in [3.8, 4) is 0 Å². The summed E-state index contributed by atoms with van der Waals surface area (Å²) in [5.41, 5.74) is -1.11. The second kappa shape index (κ2) is 3.96. The van der Waals surface area contributed by atoms with Crippen LogP contribution in [0.25, 0.3) is 0 Å². The molecular formula is C9H8F4O. The lowest BCUT2D eigenvalue weighted by atomic mass is 10.1. The molecule has 0 amide bonds. The van der Waals surface area contributed by atoms with E-state index < -0.39 is 24.5 Å². The molecule has 1 unspecified atom stereocenters. The average molecular weight is 209 g/mol. The second-order valence-corrected chi connectivity index (χ2v) is 2.66. The highest BCUT2D eigenvalue weighted by molar-refractivity contribution is 5.25. The third kappa shape index (κ3) is 2.45. The van der Waals surface area contributed by atoms with Gasteiger partial charge in [-0.3, -0.25) is 0 Å². The van der Waals surface area contributed by atoms with Crippen LogP contribution in [0.15, 0.2) is 24.3 Å². The molecule has 14 heavy (non-hydrogen) atoms. The van der Waals surface area contributed by atoms with E-state index >= 15 is 0 Å². The number of alkyl halides is 4. The monoisotopic (exact) mass is 209 g/mol. The number of rotatable bonds is 2. The number of halogens is 4. The first kappa shape index (κ1) is 9.45. The van der Waals surface area contributed by atoms with Crippen molar-refractivity contribution in [2.75, 3.05) is 6.67 Å². The van der Waals surface area contributed by atoms with Crippen LogP contribution >= 0.6 is 0 Å². The lowest BCUT2D eigenvalue weighted by Gasteiger charge is -2.09. The van der Waals surface area contributed by atoms with Gasteiger partial charge in [-0.25, -0.2) is 4.39 Å². The molecule has 0 bridgehead atoms. The molecular weight excluding hydrogens is 200 g/mol. The van der Waals surface area contributed by atoms with Crippen molar-refractivity contribution in [3.63, 3.8) is 0 Å². The molecule has 1 N–H and O–H groups in total. The van der Waals surface area contributed by atoms with E-state index in [1.807, 2.05) is 0 Å². The molecule has 78 valence electrons. The zero-order valence-electron chi connectivity index (χ0n) is 7.98. The number of hydrogen-bond donors (Lipinski definition) is 1. The molecule has 5 heteroatoms. The highest BCUT2D eigenvalue weighted by atomic mass is 19.4. The number of aliphatic hydroxyl groups is 1. The summed E-state index contributed by atoms with van der Waals surface area (Å²) < 4.78 is 55.5. The van der Waals surface area contributed by atoms with Crippen LogP contribution in [0, 0.1) is 0 Å². The molecule has 1 nitrogen and oxygen atoms in total. The summed E-state index contributed by atoms with van der Waals surface area (Å²) in [6.07, 6.45) is -6.96. The summed E-state index contributed by atoms with van der Waals surface area (Å²) in [5, 5.41) is 9.10. The molecule has 0 aromatic heterocycles. The van der Waals surface area contributed by atoms with Gasteiger partial charge < -0.3 is 5.11 Å². The van der Waals surface area contributed by atoms with Crippen molar-refractivity contribution in [2.24, 2.45) is 0 Å². The average Bonchev–Trinajstić information content (AvgIpc) is 2.17. The van der Waals surface area contributed by atoms with Gasteiger partial charge in [0, 0.05) is 0 Å². The lowest BCUT2D eigenvalue weighted by Crippen LogP contribution is -2.06. The molecule has 1 aromatic carbocycles. The Morgan fingerprint density at radius 1 is 1.29 bits per heavy atom. The predicted octanol–water partition coefficient (Wildman–Crippen LogP) is 2.71. The molecule has 0 aliphatic rings. The van der Waals surface area contributed by atoms with E-state index in [-0.39, 0.29) is 5.56 Å². The fourth-order valence-corrected chi connectivity index (χ4v) is 0.929. The van der Waals surface area contributed by atoms with Crippen molar-refractivity contribution in [3.05, 3.63) is 35.4 Å². The van der Waals surface area contributed by atoms with Gasteiger partial charge in [-0.05, 0) is 17.7 Å². The summed E-state index contributed by atoms with van der Waals surface area (Å²) in [6.45, 7) is -1.38. The van der Waals surface area contributed by atoms with Crippen LogP contribution in [0.5, 0.6) is 0 Å². The minimum atomic E-state index is -4.48. The van der Waals surface area contributed by atoms with Crippen molar-refractivity contribution < 1.29 is 24.0 Å². The molecule has 0 heterocycles. The van der Waals surface area contributed by atoms with Crippen LogP contribution < -0.4 is 0 Å². The molecule has 1 rings (SSSR count). The minimum Gasteiger partial charge on any atom is -0.386 e. The molecule has 1 atom stereocenters. The normalized spacial score (nSPS) is 17.4. The summed E-state index contributed by atoms with van der Waals surface area (Å²) in [6, 6.07) is 3.17. The van der Waals surface area contributed by atoms with Crippen LogP contribution in [0.4, 0.5) is 17.6 Å². The topological polar surface area (TPSA) is 20.2 Å². The van der Waals surface area contributed by atoms with Crippen LogP contribution in [-0.2, 0) is 6.18 Å². The first-order valence-electron chi connectivity index (χ1n) is 4.23. The van der Waals surface area contributed by atoms with Gasteiger partial charge in [-0.1, -0.05) is 12.1 Å². The van der Waals surface area contributed by atoms with Crippen LogP contribution in [0.1, 0.15) is 18.6 Å². The Balaban J connectivity index is 3.01. The Kier molecular flexibility index (Phi) is 2.67. The van der Waals surface area contributed by atoms with Crippen molar-refractivity contribution in [2.45, 2.75) is 12.3 Å². The van der Waals surface area contributed by atoms with Gasteiger partial charge in [0.05, 0.1) is 6.93 Å². The van der Waals surface area contributed by atoms with Crippen molar-refractivity contribution in [1.29, 1.82) is 0 Å². The van der Waals surface area contributed by atoms with Gasteiger partial charge in [0.2, 0.25) is 0 Å². The first-order chi connectivity index (χ1) is 6.77. The van der Waals surface area contributed by atoms with E-state index in [4.69, 9.17) is 6.48 Å². The molecule has 1 aromatic rings. The second-order valence-electron chi connectivity index (χ2n) is 2.66. The molecule has 0 fully saturated rings. The smallest absolute Gasteiger partial charge is 0.386 e. The molecule has 0 aliphatic heterocycles. The summed E-state index contributed by atoms with van der Waals surface area (Å²) in [7, 11) is 0. The number of benzene rings is 1. The Labute approximate surface area is 79.4 Å². The van der Waals surface area contributed by atoms with Crippen LogP contribution in [0.2, 0.25) is 0 Å². The maximum absolute atomic E-state index is 12.1. The van der Waals surface area contributed by atoms with E-state index in [1.54, 1.807) is 0 Å². The summed E-state index contributed by atoms with van der Waals surface area (Å²) >= 11 is 0. The van der Waals surface area contributed by atoms with E-state index in [1.165, 1.54) is 0 Å². The molecule has 0 saturated carbocycles. The predicted molar refractivity (Wildman–Crippen MR) is 42.4 cm³/mol. The highest BCUT2D eigenvalue weighted by Gasteiger charge is 2.30. The SMILES string of the molecule is [2H]C(O)(CF)c1ccc(C(F)(F)F)cc1. The standard InChI is InChI=1S/C9H8F4O/c10-5-8(14)6-1-3-7(4-2-6)9(11,12)13/h1-4,8,14H,5H2/i8D. The van der Waals surface area contributed by atoms with Gasteiger partial charge in [0.25, 0.3) is 0 Å². The Morgan fingerprint density at radius 3 is 2.14 bits per heavy atom. The maximum atomic E-state index is 12.1. The highest BCUT2D eigenvalue weighted by Crippen LogP contribution is 2.29. The van der Waals surface area contributed by atoms with Gasteiger partial charge in [-0.15, -0.1) is 0 Å². The quantitative estimate of drug-likeness (QED) is 0.742. The minimum absolute atomic E-state index is 0.210. The Bertz CT molecular complexity index is 331. The Morgan fingerprint density at radius 2 is 1.79 bits per heavy atom. The number of hydrogen-bond acceptors (Lipinski definition) is 1. The van der Waals surface area contributed by atoms with E-state index in [9.17, 15) is 17.6 Å². The third-order valence-electron chi connectivity index (χ3n) is 1.67. The van der Waals surface area contributed by atoms with Crippen LogP contribution in [0.3, 0.4) is 0 Å². The van der Waals surface area contributed by atoms with Gasteiger partial charge in [-0.2, -0.15) is 13.2 Å². The van der Waals surface area contributed by atoms with Gasteiger partial charge in [0.15, 0.2) is 0 Å². The molecule has 0 spiro atoms. The van der Waals surface area contributed by atoms with Crippen LogP contribution in [-0.4, -0.2) is 11.8 Å². The lowest BCUT2D eigenvalue weighted by molar-refractivity contribution is -0.137. The maximum Gasteiger partial charge on any atom is 0.416 e. The van der Waals surface area contributed by atoms with Gasteiger partial charge >= 0.3 is 6.18 Å². The zero-order valence-corrected chi connectivity index (χ0v) is 6.98. The fraction of sp³-hybridized carbons (Fsp3) is 0.333. The van der Waals surface area contributed by atoms with E-state index in [0.29, 0.717) is 12.1 Å².